The molecule has 0 bridgehead atoms. The van der Waals surface area contributed by atoms with Gasteiger partial charge in [-0.25, -0.2) is 15.0 Å². The summed E-state index contributed by atoms with van der Waals surface area (Å²) in [5.41, 5.74) is 3.88. The van der Waals surface area contributed by atoms with Crippen LogP contribution in [-0.2, 0) is 11.3 Å². The Morgan fingerprint density at radius 1 is 1.28 bits per heavy atom. The molecule has 4 heterocycles. The summed E-state index contributed by atoms with van der Waals surface area (Å²) in [6, 6.07) is 5.49. The average molecular weight is 429 g/mol. The van der Waals surface area contributed by atoms with Gasteiger partial charge in [0.2, 0.25) is 5.91 Å². The number of amides is 1. The van der Waals surface area contributed by atoms with Crippen LogP contribution in [0.4, 0.5) is 5.69 Å². The topological polar surface area (TPSA) is 109 Å². The van der Waals surface area contributed by atoms with Gasteiger partial charge in [-0.05, 0) is 38.4 Å². The van der Waals surface area contributed by atoms with Gasteiger partial charge in [-0.15, -0.1) is 0 Å². The van der Waals surface area contributed by atoms with Crippen LogP contribution in [-0.4, -0.2) is 56.0 Å². The quantitative estimate of drug-likeness (QED) is 0.437. The van der Waals surface area contributed by atoms with Gasteiger partial charge in [0.15, 0.2) is 0 Å². The number of H-pyrrole nitrogens is 1. The fraction of sp³-hybridized carbons (Fsp3) is 0.174. The minimum Gasteiger partial charge on any atom is -0.345 e. The monoisotopic (exact) mass is 429 g/mol. The number of anilines is 1. The van der Waals surface area contributed by atoms with Gasteiger partial charge < -0.3 is 19.8 Å². The molecule has 162 valence electrons. The Labute approximate surface area is 184 Å². The van der Waals surface area contributed by atoms with Gasteiger partial charge in [-0.1, -0.05) is 6.58 Å². The number of nitrogens with zero attached hydrogens (tertiary/aromatic N) is 5. The number of nitrogens with one attached hydrogen (secondary N) is 2. The van der Waals surface area contributed by atoms with Crippen LogP contribution in [0.2, 0.25) is 0 Å². The molecule has 0 aliphatic rings. The molecule has 0 saturated heterocycles. The summed E-state index contributed by atoms with van der Waals surface area (Å²) in [4.78, 5) is 42.8. The number of carbonyl (C=O) groups is 1. The molecule has 0 atom stereocenters. The number of pyridine rings is 2. The second kappa shape index (κ2) is 8.94. The largest absolute Gasteiger partial charge is 0.345 e. The van der Waals surface area contributed by atoms with Crippen molar-refractivity contribution in [3.05, 3.63) is 72.3 Å². The fourth-order valence-corrected chi connectivity index (χ4v) is 3.36. The SMILES string of the molecule is C=CC(=O)Nc1cc(-c2cnc3[nH]cc(-c4ccncn4)c3c2)cn(CCN(C)C)c1=O. The maximum atomic E-state index is 12.9. The second-order valence-corrected chi connectivity index (χ2v) is 7.55. The zero-order valence-electron chi connectivity index (χ0n) is 17.9. The first-order valence-corrected chi connectivity index (χ1v) is 10.0. The van der Waals surface area contributed by atoms with Gasteiger partial charge in [-0.2, -0.15) is 0 Å². The lowest BCUT2D eigenvalue weighted by Gasteiger charge is -2.15. The third-order valence-corrected chi connectivity index (χ3v) is 5.04. The smallest absolute Gasteiger partial charge is 0.274 e. The minimum absolute atomic E-state index is 0.191. The molecule has 0 aromatic carbocycles. The number of likely N-dealkylation sites (N-methyl/N-ethyl adjacent to an activating group) is 1. The van der Waals surface area contributed by atoms with E-state index in [0.29, 0.717) is 13.1 Å². The van der Waals surface area contributed by atoms with E-state index in [2.05, 4.69) is 31.8 Å². The van der Waals surface area contributed by atoms with E-state index in [-0.39, 0.29) is 11.2 Å². The van der Waals surface area contributed by atoms with Crippen molar-refractivity contribution in [2.45, 2.75) is 6.54 Å². The highest BCUT2D eigenvalue weighted by atomic mass is 16.2. The van der Waals surface area contributed by atoms with E-state index < -0.39 is 5.91 Å². The number of aromatic nitrogens is 5. The minimum atomic E-state index is -0.441. The summed E-state index contributed by atoms with van der Waals surface area (Å²) in [5.74, 6) is -0.441. The van der Waals surface area contributed by atoms with Crippen LogP contribution < -0.4 is 10.9 Å². The van der Waals surface area contributed by atoms with Gasteiger partial charge >= 0.3 is 0 Å². The number of carbonyl (C=O) groups excluding carboxylic acids is 1. The van der Waals surface area contributed by atoms with Crippen LogP contribution in [0.5, 0.6) is 0 Å². The van der Waals surface area contributed by atoms with Crippen molar-refractivity contribution in [1.82, 2.24) is 29.4 Å². The molecule has 4 aromatic heterocycles. The summed E-state index contributed by atoms with van der Waals surface area (Å²) in [6.07, 6.45) is 9.70. The molecule has 9 nitrogen and oxygen atoms in total. The van der Waals surface area contributed by atoms with Gasteiger partial charge in [0, 0.05) is 60.0 Å². The second-order valence-electron chi connectivity index (χ2n) is 7.55. The zero-order valence-corrected chi connectivity index (χ0v) is 17.9. The van der Waals surface area contributed by atoms with E-state index >= 15 is 0 Å². The Morgan fingerprint density at radius 3 is 2.84 bits per heavy atom. The summed E-state index contributed by atoms with van der Waals surface area (Å²) in [7, 11) is 3.88. The lowest BCUT2D eigenvalue weighted by Crippen LogP contribution is -2.29. The number of aromatic amines is 1. The highest BCUT2D eigenvalue weighted by Gasteiger charge is 2.14. The third kappa shape index (κ3) is 4.33. The molecule has 0 unspecified atom stereocenters. The van der Waals surface area contributed by atoms with Crippen molar-refractivity contribution >= 4 is 22.6 Å². The molecular formula is C23H23N7O2. The fourth-order valence-electron chi connectivity index (χ4n) is 3.36. The van der Waals surface area contributed by atoms with Crippen molar-refractivity contribution < 1.29 is 4.79 Å². The van der Waals surface area contributed by atoms with Gasteiger partial charge in [0.1, 0.15) is 17.7 Å². The van der Waals surface area contributed by atoms with Gasteiger partial charge in [0.05, 0.1) is 5.69 Å². The van der Waals surface area contributed by atoms with Crippen molar-refractivity contribution in [2.75, 3.05) is 26.0 Å². The summed E-state index contributed by atoms with van der Waals surface area (Å²) in [6.45, 7) is 4.61. The lowest BCUT2D eigenvalue weighted by molar-refractivity contribution is -0.111. The molecule has 0 spiro atoms. The van der Waals surface area contributed by atoms with Crippen LogP contribution in [0.25, 0.3) is 33.4 Å². The van der Waals surface area contributed by atoms with Gasteiger partial charge in [-0.3, -0.25) is 9.59 Å². The maximum absolute atomic E-state index is 12.9. The maximum Gasteiger partial charge on any atom is 0.274 e. The molecule has 9 heteroatoms. The molecule has 0 radical (unpaired) electrons. The summed E-state index contributed by atoms with van der Waals surface area (Å²) < 4.78 is 1.60. The van der Waals surface area contributed by atoms with E-state index in [0.717, 1.165) is 39.5 Å². The molecule has 32 heavy (non-hydrogen) atoms. The van der Waals surface area contributed by atoms with E-state index in [1.54, 1.807) is 29.2 Å². The Morgan fingerprint density at radius 2 is 2.12 bits per heavy atom. The van der Waals surface area contributed by atoms with Crippen LogP contribution in [0.3, 0.4) is 0 Å². The lowest BCUT2D eigenvalue weighted by atomic mass is 10.1. The highest BCUT2D eigenvalue weighted by molar-refractivity contribution is 5.99. The molecule has 4 rings (SSSR count). The molecule has 1 amide bonds. The molecule has 4 aromatic rings. The van der Waals surface area contributed by atoms with Gasteiger partial charge in [0.25, 0.3) is 5.56 Å². The van der Waals surface area contributed by atoms with Crippen LogP contribution in [0.1, 0.15) is 0 Å². The Kier molecular flexibility index (Phi) is 5.91. The third-order valence-electron chi connectivity index (χ3n) is 5.04. The Balaban J connectivity index is 1.83. The average Bonchev–Trinajstić information content (AvgIpc) is 3.23. The number of hydrogen-bond donors (Lipinski definition) is 2. The standard InChI is InChI=1S/C23H23N7O2/c1-4-21(31)28-20-10-16(13-30(23(20)32)8-7-29(2)3)15-9-17-18(12-26-22(17)25-11-15)19-5-6-24-14-27-19/h4-6,9-14H,1,7-8H2,2-3H3,(H,25,26)(H,28,31). The first kappa shape index (κ1) is 21.1. The molecular weight excluding hydrogens is 406 g/mol. The summed E-state index contributed by atoms with van der Waals surface area (Å²) in [5, 5.41) is 3.51. The van der Waals surface area contributed by atoms with Crippen LogP contribution in [0.15, 0.2) is 66.8 Å². The van der Waals surface area contributed by atoms with E-state index in [1.807, 2.05) is 37.3 Å². The highest BCUT2D eigenvalue weighted by Crippen LogP contribution is 2.30. The number of rotatable bonds is 7. The molecule has 2 N–H and O–H groups in total. The number of fused-ring (bicyclic) bond motifs is 1. The predicted octanol–water partition coefficient (Wildman–Crippen LogP) is 2.53. The first-order chi connectivity index (χ1) is 15.5. The Hall–Kier alpha value is -4.11. The van der Waals surface area contributed by atoms with E-state index in [4.69, 9.17) is 0 Å². The van der Waals surface area contributed by atoms with Crippen molar-refractivity contribution in [3.63, 3.8) is 0 Å². The van der Waals surface area contributed by atoms with Crippen LogP contribution in [0, 0.1) is 0 Å². The molecule has 0 fully saturated rings. The van der Waals surface area contributed by atoms with E-state index in [9.17, 15) is 9.59 Å². The van der Waals surface area contributed by atoms with Crippen LogP contribution >= 0.6 is 0 Å². The predicted molar refractivity (Wildman–Crippen MR) is 124 cm³/mol. The number of hydrogen-bond acceptors (Lipinski definition) is 6. The van der Waals surface area contributed by atoms with Crippen molar-refractivity contribution in [1.29, 1.82) is 0 Å². The molecule has 0 aliphatic carbocycles. The van der Waals surface area contributed by atoms with Crippen molar-refractivity contribution in [2.24, 2.45) is 0 Å². The normalized spacial score (nSPS) is 11.1. The molecule has 0 saturated carbocycles. The Bertz CT molecular complexity index is 1340. The van der Waals surface area contributed by atoms with Crippen molar-refractivity contribution in [3.8, 4) is 22.4 Å². The first-order valence-electron chi connectivity index (χ1n) is 10.0. The summed E-state index contributed by atoms with van der Waals surface area (Å²) >= 11 is 0. The zero-order chi connectivity index (χ0) is 22.7. The van der Waals surface area contributed by atoms with E-state index in [1.165, 1.54) is 6.33 Å². The molecule has 0 aliphatic heterocycles.